The lowest BCUT2D eigenvalue weighted by molar-refractivity contribution is 0.150. The number of anilines is 2. The highest BCUT2D eigenvalue weighted by Gasteiger charge is 2.28. The van der Waals surface area contributed by atoms with Crippen LogP contribution < -0.4 is 11.1 Å². The molecule has 3 rings (SSSR count). The van der Waals surface area contributed by atoms with Crippen LogP contribution in [0.5, 0.6) is 0 Å². The lowest BCUT2D eigenvalue weighted by atomic mass is 9.84. The number of nitrogens with one attached hydrogen (secondary N) is 1. The first kappa shape index (κ1) is 26.4. The molecule has 0 aliphatic rings. The van der Waals surface area contributed by atoms with E-state index >= 15 is 0 Å². The van der Waals surface area contributed by atoms with Crippen LogP contribution in [0.2, 0.25) is 0 Å². The van der Waals surface area contributed by atoms with E-state index in [1.807, 2.05) is 43.1 Å². The first-order valence-corrected chi connectivity index (χ1v) is 12.0. The van der Waals surface area contributed by atoms with E-state index in [-0.39, 0.29) is 17.0 Å². The van der Waals surface area contributed by atoms with Gasteiger partial charge in [-0.05, 0) is 51.9 Å². The number of fused-ring (bicyclic) bond motifs is 1. The Morgan fingerprint density at radius 2 is 1.91 bits per heavy atom. The molecule has 0 aliphatic carbocycles. The van der Waals surface area contributed by atoms with E-state index in [4.69, 9.17) is 15.6 Å². The van der Waals surface area contributed by atoms with Crippen LogP contribution in [-0.2, 0) is 16.7 Å². The molecular weight excluding hydrogens is 451 g/mol. The molecule has 1 amide bonds. The average molecular weight is 489 g/mol. The normalized spacial score (nSPS) is 13.3. The van der Waals surface area contributed by atoms with Crippen LogP contribution in [0.1, 0.15) is 79.5 Å². The molecule has 3 heterocycles. The molecule has 10 nitrogen and oxygen atoms in total. The van der Waals surface area contributed by atoms with Gasteiger partial charge in [-0.1, -0.05) is 27.7 Å². The van der Waals surface area contributed by atoms with Gasteiger partial charge >= 0.3 is 12.2 Å². The highest BCUT2D eigenvalue weighted by Crippen LogP contribution is 2.36. The molecule has 3 aromatic rings. The summed E-state index contributed by atoms with van der Waals surface area (Å²) in [5.41, 5.74) is 7.19. The molecule has 1 atom stereocenters. The number of ether oxygens (including phenoxy) is 1. The van der Waals surface area contributed by atoms with Crippen molar-refractivity contribution in [1.82, 2.24) is 29.3 Å². The van der Waals surface area contributed by atoms with Gasteiger partial charge in [-0.25, -0.2) is 9.78 Å². The zero-order chi connectivity index (χ0) is 26.0. The Morgan fingerprint density at radius 3 is 2.51 bits per heavy atom. The number of hydrogen-bond acceptors (Lipinski definition) is 7. The maximum atomic E-state index is 14.4. The van der Waals surface area contributed by atoms with Gasteiger partial charge in [0.2, 0.25) is 0 Å². The zero-order valence-corrected chi connectivity index (χ0v) is 21.7. The van der Waals surface area contributed by atoms with Crippen molar-refractivity contribution in [3.63, 3.8) is 0 Å². The molecule has 0 spiro atoms. The van der Waals surface area contributed by atoms with E-state index in [9.17, 15) is 9.18 Å². The topological polar surface area (TPSA) is 126 Å². The zero-order valence-electron chi connectivity index (χ0n) is 21.7. The summed E-state index contributed by atoms with van der Waals surface area (Å²) in [5, 5.41) is 8.12. The number of hydrogen-bond donors (Lipinski definition) is 2. The molecule has 0 radical (unpaired) electrons. The molecule has 0 fully saturated rings. The van der Waals surface area contributed by atoms with Crippen molar-refractivity contribution >= 4 is 28.8 Å². The molecule has 0 aromatic carbocycles. The minimum absolute atomic E-state index is 0.0708. The van der Waals surface area contributed by atoms with Gasteiger partial charge in [0.25, 0.3) is 0 Å². The minimum Gasteiger partial charge on any atom is -0.450 e. The van der Waals surface area contributed by atoms with Crippen LogP contribution in [0.3, 0.4) is 0 Å². The second-order valence-corrected chi connectivity index (χ2v) is 10.8. The van der Waals surface area contributed by atoms with Crippen LogP contribution in [0.4, 0.5) is 20.7 Å². The Balaban J connectivity index is 1.90. The summed E-state index contributed by atoms with van der Waals surface area (Å²) in [6.45, 7) is 14.8. The number of aryl methyl sites for hydroxylation is 1. The first-order valence-electron chi connectivity index (χ1n) is 12.0. The number of imidazole rings is 1. The van der Waals surface area contributed by atoms with Crippen molar-refractivity contribution in [1.29, 1.82) is 0 Å². The largest absolute Gasteiger partial charge is 0.450 e. The van der Waals surface area contributed by atoms with Gasteiger partial charge in [0.05, 0.1) is 30.4 Å². The van der Waals surface area contributed by atoms with Crippen molar-refractivity contribution in [2.75, 3.05) is 11.9 Å². The second kappa shape index (κ2) is 10.2. The molecule has 0 saturated carbocycles. The predicted molar refractivity (Wildman–Crippen MR) is 133 cm³/mol. The molecular formula is C24H37FN8O2. The van der Waals surface area contributed by atoms with Crippen molar-refractivity contribution in [2.45, 2.75) is 85.7 Å². The van der Waals surface area contributed by atoms with Gasteiger partial charge in [0.1, 0.15) is 0 Å². The summed E-state index contributed by atoms with van der Waals surface area (Å²) in [7, 11) is 0. The third-order valence-electron chi connectivity index (χ3n) is 5.92. The maximum Gasteiger partial charge on any atom is 0.404 e. The fourth-order valence-electron chi connectivity index (χ4n) is 4.11. The average Bonchev–Trinajstić information content (AvgIpc) is 3.33. The van der Waals surface area contributed by atoms with E-state index in [1.54, 1.807) is 6.33 Å². The van der Waals surface area contributed by atoms with Gasteiger partial charge in [-0.3, -0.25) is 4.68 Å². The first-order chi connectivity index (χ1) is 16.3. The Morgan fingerprint density at radius 1 is 1.20 bits per heavy atom. The maximum absolute atomic E-state index is 14.4. The van der Waals surface area contributed by atoms with Gasteiger partial charge in [-0.2, -0.15) is 19.5 Å². The molecule has 192 valence electrons. The summed E-state index contributed by atoms with van der Waals surface area (Å²) in [6, 6.07) is 0.0965. The molecule has 1 unspecified atom stereocenters. The number of nitrogens with zero attached hydrogens (tertiary/aromatic N) is 6. The Bertz CT molecular complexity index is 1170. The van der Waals surface area contributed by atoms with Crippen molar-refractivity contribution < 1.29 is 13.9 Å². The van der Waals surface area contributed by atoms with E-state index in [1.165, 1.54) is 0 Å². The smallest absolute Gasteiger partial charge is 0.404 e. The minimum atomic E-state index is -0.817. The molecule has 0 bridgehead atoms. The second-order valence-electron chi connectivity index (χ2n) is 10.8. The molecule has 0 aliphatic heterocycles. The Kier molecular flexibility index (Phi) is 7.66. The quantitative estimate of drug-likeness (QED) is 0.318. The number of halogens is 1. The van der Waals surface area contributed by atoms with Gasteiger partial charge in [0, 0.05) is 11.7 Å². The molecule has 3 aromatic heterocycles. The van der Waals surface area contributed by atoms with Gasteiger partial charge < -0.3 is 20.4 Å². The Labute approximate surface area is 205 Å². The highest BCUT2D eigenvalue weighted by molar-refractivity contribution is 5.85. The van der Waals surface area contributed by atoms with E-state index in [0.717, 1.165) is 30.6 Å². The van der Waals surface area contributed by atoms with Gasteiger partial charge in [0.15, 0.2) is 17.0 Å². The summed E-state index contributed by atoms with van der Waals surface area (Å²) < 4.78 is 23.1. The SMILES string of the molecule is CCc1nn(C(CCCCOC(N)=O)C(C)(C)C)cc1Nc1nc(F)nc2c1ncn2C(C)(C)C. The van der Waals surface area contributed by atoms with E-state index in [0.29, 0.717) is 30.0 Å². The van der Waals surface area contributed by atoms with Crippen LogP contribution in [0.15, 0.2) is 12.5 Å². The van der Waals surface area contributed by atoms with E-state index < -0.39 is 12.2 Å². The Hall–Kier alpha value is -3.24. The highest BCUT2D eigenvalue weighted by atomic mass is 19.1. The number of aromatic nitrogens is 6. The number of carbonyl (C=O) groups is 1. The van der Waals surface area contributed by atoms with Crippen LogP contribution in [0, 0.1) is 11.5 Å². The van der Waals surface area contributed by atoms with Gasteiger partial charge in [-0.15, -0.1) is 0 Å². The number of amides is 1. The fraction of sp³-hybridized carbons (Fsp3) is 0.625. The molecule has 11 heteroatoms. The summed E-state index contributed by atoms with van der Waals surface area (Å²) in [4.78, 5) is 23.3. The van der Waals surface area contributed by atoms with Crippen LogP contribution in [-0.4, -0.2) is 42.0 Å². The number of nitrogens with two attached hydrogens (primary N) is 1. The lowest BCUT2D eigenvalue weighted by Gasteiger charge is -2.31. The number of rotatable bonds is 9. The lowest BCUT2D eigenvalue weighted by Crippen LogP contribution is -2.25. The summed E-state index contributed by atoms with van der Waals surface area (Å²) in [5.74, 6) is 0.306. The summed E-state index contributed by atoms with van der Waals surface area (Å²) >= 11 is 0. The standard InChI is InChI=1S/C24H37FN8O2/c1-8-15-16(13-33(31-15)17(23(2,3)4)11-9-10-12-35-22(26)34)28-19-18-20(30-21(25)29-19)32(14-27-18)24(5,6)7/h13-14,17H,8-12H2,1-7H3,(H2,26,34)(H,28,29,30). The van der Waals surface area contributed by atoms with Crippen molar-refractivity contribution in [2.24, 2.45) is 11.1 Å². The molecule has 35 heavy (non-hydrogen) atoms. The van der Waals surface area contributed by atoms with Crippen molar-refractivity contribution in [3.05, 3.63) is 24.3 Å². The monoisotopic (exact) mass is 488 g/mol. The molecule has 0 saturated heterocycles. The summed E-state index contributed by atoms with van der Waals surface area (Å²) in [6.07, 6.45) is 5.13. The van der Waals surface area contributed by atoms with Crippen LogP contribution in [0.25, 0.3) is 11.2 Å². The van der Waals surface area contributed by atoms with E-state index in [2.05, 4.69) is 41.0 Å². The third kappa shape index (κ3) is 6.26. The molecule has 3 N–H and O–H groups in total. The van der Waals surface area contributed by atoms with Crippen molar-refractivity contribution in [3.8, 4) is 0 Å². The number of unbranched alkanes of at least 4 members (excludes halogenated alkanes) is 1. The number of primary amides is 1. The van der Waals surface area contributed by atoms with Crippen LogP contribution >= 0.6 is 0 Å². The number of carbonyl (C=O) groups excluding carboxylic acids is 1. The predicted octanol–water partition coefficient (Wildman–Crippen LogP) is 5.08. The fourth-order valence-corrected chi connectivity index (χ4v) is 4.11. The third-order valence-corrected chi connectivity index (χ3v) is 5.92.